The van der Waals surface area contributed by atoms with Crippen molar-refractivity contribution < 1.29 is 9.53 Å². The molecule has 1 aliphatic heterocycles. The van der Waals surface area contributed by atoms with Gasteiger partial charge in [-0.05, 0) is 44.1 Å². The van der Waals surface area contributed by atoms with Crippen LogP contribution in [-0.2, 0) is 4.74 Å². The summed E-state index contributed by atoms with van der Waals surface area (Å²) in [4.78, 5) is 11.9. The van der Waals surface area contributed by atoms with Gasteiger partial charge in [0.15, 0.2) is 0 Å². The third-order valence-corrected chi connectivity index (χ3v) is 3.28. The van der Waals surface area contributed by atoms with Crippen molar-refractivity contribution in [3.8, 4) is 6.07 Å². The molecule has 2 N–H and O–H groups in total. The first-order valence-electron chi connectivity index (χ1n) is 6.90. The van der Waals surface area contributed by atoms with Gasteiger partial charge in [-0.3, -0.25) is 4.79 Å². The molecule has 1 saturated heterocycles. The van der Waals surface area contributed by atoms with Crippen molar-refractivity contribution in [2.24, 2.45) is 0 Å². The molecule has 0 aromatic heterocycles. The van der Waals surface area contributed by atoms with Crippen molar-refractivity contribution in [2.45, 2.75) is 18.9 Å². The van der Waals surface area contributed by atoms with Crippen molar-refractivity contribution in [1.82, 2.24) is 10.6 Å². The fourth-order valence-corrected chi connectivity index (χ4v) is 2.18. The van der Waals surface area contributed by atoms with Gasteiger partial charge in [0.1, 0.15) is 0 Å². The molecule has 0 atom stereocenters. The zero-order valence-electron chi connectivity index (χ0n) is 11.4. The van der Waals surface area contributed by atoms with Crippen LogP contribution in [0.5, 0.6) is 0 Å². The summed E-state index contributed by atoms with van der Waals surface area (Å²) < 4.78 is 5.71. The van der Waals surface area contributed by atoms with Crippen LogP contribution in [0.4, 0.5) is 0 Å². The Kier molecular flexibility index (Phi) is 5.54. The monoisotopic (exact) mass is 273 g/mol. The highest BCUT2D eigenvalue weighted by atomic mass is 16.5. The van der Waals surface area contributed by atoms with Gasteiger partial charge in [0.2, 0.25) is 0 Å². The predicted molar refractivity (Wildman–Crippen MR) is 75.3 cm³/mol. The van der Waals surface area contributed by atoms with Gasteiger partial charge in [-0.25, -0.2) is 0 Å². The Morgan fingerprint density at radius 2 is 2.25 bits per heavy atom. The average molecular weight is 273 g/mol. The maximum atomic E-state index is 11.9. The zero-order valence-corrected chi connectivity index (χ0v) is 11.4. The van der Waals surface area contributed by atoms with Gasteiger partial charge in [-0.2, -0.15) is 5.26 Å². The molecule has 0 aliphatic carbocycles. The summed E-state index contributed by atoms with van der Waals surface area (Å²) >= 11 is 0. The Hall–Kier alpha value is -1.90. The molecule has 2 rings (SSSR count). The van der Waals surface area contributed by atoms with Crippen LogP contribution in [0.3, 0.4) is 0 Å². The van der Waals surface area contributed by atoms with Gasteiger partial charge < -0.3 is 15.4 Å². The largest absolute Gasteiger partial charge is 0.376 e. The summed E-state index contributed by atoms with van der Waals surface area (Å²) in [6, 6.07) is 8.69. The van der Waals surface area contributed by atoms with Gasteiger partial charge in [0, 0.05) is 12.1 Å². The van der Waals surface area contributed by atoms with Crippen molar-refractivity contribution in [3.05, 3.63) is 35.4 Å². The second-order valence-corrected chi connectivity index (χ2v) is 4.77. The van der Waals surface area contributed by atoms with Gasteiger partial charge in [-0.15, -0.1) is 0 Å². The van der Waals surface area contributed by atoms with Crippen LogP contribution in [0, 0.1) is 11.3 Å². The molecule has 106 valence electrons. The number of hydrogen-bond donors (Lipinski definition) is 2. The number of hydrogen-bond acceptors (Lipinski definition) is 4. The summed E-state index contributed by atoms with van der Waals surface area (Å²) in [5.74, 6) is -0.170. The standard InChI is InChI=1S/C15H19N3O2/c16-11-12-2-1-3-13(10-12)15(19)18-8-9-20-14-4-6-17-7-5-14/h1-3,10,14,17H,4-9H2,(H,18,19). The van der Waals surface area contributed by atoms with Crippen LogP contribution in [0.1, 0.15) is 28.8 Å². The zero-order chi connectivity index (χ0) is 14.2. The molecule has 1 heterocycles. The minimum Gasteiger partial charge on any atom is -0.376 e. The fraction of sp³-hybridized carbons (Fsp3) is 0.467. The first kappa shape index (κ1) is 14.5. The topological polar surface area (TPSA) is 74.2 Å². The third-order valence-electron chi connectivity index (χ3n) is 3.28. The Morgan fingerprint density at radius 3 is 3.00 bits per heavy atom. The smallest absolute Gasteiger partial charge is 0.251 e. The maximum absolute atomic E-state index is 11.9. The van der Waals surface area contributed by atoms with Gasteiger partial charge in [-0.1, -0.05) is 6.07 Å². The van der Waals surface area contributed by atoms with Crippen LogP contribution in [0.2, 0.25) is 0 Å². The Morgan fingerprint density at radius 1 is 1.45 bits per heavy atom. The lowest BCUT2D eigenvalue weighted by Gasteiger charge is -2.22. The van der Waals surface area contributed by atoms with E-state index in [1.807, 2.05) is 6.07 Å². The van der Waals surface area contributed by atoms with Crippen molar-refractivity contribution in [2.75, 3.05) is 26.2 Å². The second-order valence-electron chi connectivity index (χ2n) is 4.77. The number of carbonyl (C=O) groups excluding carboxylic acids is 1. The van der Waals surface area contributed by atoms with Crippen molar-refractivity contribution in [1.29, 1.82) is 5.26 Å². The molecule has 0 radical (unpaired) electrons. The first-order valence-corrected chi connectivity index (χ1v) is 6.90. The Bertz CT molecular complexity index is 490. The minimum atomic E-state index is -0.170. The molecule has 0 saturated carbocycles. The number of amides is 1. The molecule has 5 nitrogen and oxygen atoms in total. The highest BCUT2D eigenvalue weighted by Crippen LogP contribution is 2.06. The fourth-order valence-electron chi connectivity index (χ4n) is 2.18. The number of carbonyl (C=O) groups is 1. The van der Waals surface area contributed by atoms with Gasteiger partial charge >= 0.3 is 0 Å². The predicted octanol–water partition coefficient (Wildman–Crippen LogP) is 1.06. The quantitative estimate of drug-likeness (QED) is 0.787. The van der Waals surface area contributed by atoms with Crippen LogP contribution in [0.25, 0.3) is 0 Å². The highest BCUT2D eigenvalue weighted by Gasteiger charge is 2.13. The normalized spacial score (nSPS) is 15.6. The van der Waals surface area contributed by atoms with E-state index in [0.29, 0.717) is 30.4 Å². The Balaban J connectivity index is 1.70. The molecule has 0 bridgehead atoms. The van der Waals surface area contributed by atoms with Crippen LogP contribution in [-0.4, -0.2) is 38.3 Å². The van der Waals surface area contributed by atoms with Crippen molar-refractivity contribution in [3.63, 3.8) is 0 Å². The van der Waals surface area contributed by atoms with Crippen LogP contribution in [0.15, 0.2) is 24.3 Å². The summed E-state index contributed by atoms with van der Waals surface area (Å²) in [7, 11) is 0. The lowest BCUT2D eigenvalue weighted by atomic mass is 10.1. The summed E-state index contributed by atoms with van der Waals surface area (Å²) in [5.41, 5.74) is 0.995. The Labute approximate surface area is 118 Å². The van der Waals surface area contributed by atoms with E-state index < -0.39 is 0 Å². The molecule has 5 heteroatoms. The van der Waals surface area contributed by atoms with Crippen molar-refractivity contribution >= 4 is 5.91 Å². The SMILES string of the molecule is N#Cc1cccc(C(=O)NCCOC2CCNCC2)c1. The molecule has 0 spiro atoms. The van der Waals surface area contributed by atoms with E-state index in [9.17, 15) is 4.79 Å². The third kappa shape index (κ3) is 4.34. The highest BCUT2D eigenvalue weighted by molar-refractivity contribution is 5.94. The first-order chi connectivity index (χ1) is 9.79. The van der Waals surface area contributed by atoms with Crippen LogP contribution >= 0.6 is 0 Å². The number of rotatable bonds is 5. The second kappa shape index (κ2) is 7.63. The summed E-state index contributed by atoms with van der Waals surface area (Å²) in [6.07, 6.45) is 2.35. The van der Waals surface area contributed by atoms with E-state index >= 15 is 0 Å². The number of nitrogens with zero attached hydrogens (tertiary/aromatic N) is 1. The molecule has 20 heavy (non-hydrogen) atoms. The van der Waals surface area contributed by atoms with Crippen LogP contribution < -0.4 is 10.6 Å². The number of benzene rings is 1. The molecule has 1 amide bonds. The van der Waals surface area contributed by atoms with E-state index in [1.54, 1.807) is 24.3 Å². The molecule has 1 aromatic carbocycles. The number of nitriles is 1. The molecule has 1 fully saturated rings. The number of ether oxygens (including phenoxy) is 1. The molecular formula is C15H19N3O2. The minimum absolute atomic E-state index is 0.170. The molecule has 0 unspecified atom stereocenters. The summed E-state index contributed by atoms with van der Waals surface area (Å²) in [6.45, 7) is 3.00. The molecule has 1 aliphatic rings. The van der Waals surface area contributed by atoms with E-state index in [2.05, 4.69) is 10.6 Å². The van der Waals surface area contributed by atoms with Gasteiger partial charge in [0.05, 0.1) is 24.3 Å². The van der Waals surface area contributed by atoms with Gasteiger partial charge in [0.25, 0.3) is 5.91 Å². The lowest BCUT2D eigenvalue weighted by molar-refractivity contribution is 0.0343. The summed E-state index contributed by atoms with van der Waals surface area (Å²) in [5, 5.41) is 14.9. The molecule has 1 aromatic rings. The lowest BCUT2D eigenvalue weighted by Crippen LogP contribution is -2.34. The van der Waals surface area contributed by atoms with E-state index in [0.717, 1.165) is 25.9 Å². The maximum Gasteiger partial charge on any atom is 0.251 e. The average Bonchev–Trinajstić information content (AvgIpc) is 2.52. The van der Waals surface area contributed by atoms with E-state index in [4.69, 9.17) is 10.00 Å². The number of piperidine rings is 1. The number of nitrogens with one attached hydrogen (secondary N) is 2. The molecular weight excluding hydrogens is 254 g/mol. The van der Waals surface area contributed by atoms with E-state index in [-0.39, 0.29) is 5.91 Å². The van der Waals surface area contributed by atoms with E-state index in [1.165, 1.54) is 0 Å².